The number of anilines is 1. The molecule has 0 fully saturated rings. The van der Waals surface area contributed by atoms with E-state index in [0.29, 0.717) is 5.95 Å². The molecule has 1 aromatic heterocycles. The molecule has 3 nitrogen and oxygen atoms in total. The summed E-state index contributed by atoms with van der Waals surface area (Å²) in [4.78, 5) is 4.28. The molecule has 0 aliphatic heterocycles. The highest BCUT2D eigenvalue weighted by Gasteiger charge is 2.24. The van der Waals surface area contributed by atoms with E-state index in [2.05, 4.69) is 25.8 Å². The molecular weight excluding hydrogens is 217 g/mol. The van der Waals surface area contributed by atoms with Gasteiger partial charge in [0.05, 0.1) is 11.0 Å². The number of nitrogens with two attached hydrogens (primary N) is 1. The Morgan fingerprint density at radius 2 is 2.12 bits per heavy atom. The molecule has 0 aliphatic carbocycles. The van der Waals surface area contributed by atoms with Crippen molar-refractivity contribution in [2.45, 2.75) is 39.2 Å². The number of imidazole rings is 1. The fourth-order valence-corrected chi connectivity index (χ4v) is 2.43. The zero-order chi connectivity index (χ0) is 12.6. The monoisotopic (exact) mass is 235 g/mol. The van der Waals surface area contributed by atoms with Crippen molar-refractivity contribution in [3.63, 3.8) is 0 Å². The molecule has 0 amide bonds. The molecule has 0 saturated heterocycles. The lowest BCUT2D eigenvalue weighted by Crippen LogP contribution is -2.27. The number of rotatable bonds is 3. The van der Waals surface area contributed by atoms with Gasteiger partial charge in [-0.1, -0.05) is 13.3 Å². The van der Waals surface area contributed by atoms with E-state index >= 15 is 0 Å². The first kappa shape index (κ1) is 11.9. The maximum Gasteiger partial charge on any atom is 0.201 e. The van der Waals surface area contributed by atoms with E-state index in [1.165, 1.54) is 12.1 Å². The van der Waals surface area contributed by atoms with E-state index in [1.807, 2.05) is 4.57 Å². The molecule has 0 aliphatic rings. The summed E-state index contributed by atoms with van der Waals surface area (Å²) in [5, 5.41) is 0. The van der Waals surface area contributed by atoms with Gasteiger partial charge in [0.1, 0.15) is 5.82 Å². The van der Waals surface area contributed by atoms with Gasteiger partial charge >= 0.3 is 0 Å². The van der Waals surface area contributed by atoms with Crippen LogP contribution in [-0.4, -0.2) is 9.55 Å². The van der Waals surface area contributed by atoms with Crippen molar-refractivity contribution in [2.75, 3.05) is 5.73 Å². The van der Waals surface area contributed by atoms with Crippen molar-refractivity contribution in [3.8, 4) is 0 Å². The van der Waals surface area contributed by atoms with Gasteiger partial charge < -0.3 is 10.3 Å². The second-order valence-electron chi connectivity index (χ2n) is 5.00. The molecule has 92 valence electrons. The Kier molecular flexibility index (Phi) is 2.81. The van der Waals surface area contributed by atoms with E-state index in [4.69, 9.17) is 5.73 Å². The van der Waals surface area contributed by atoms with Crippen molar-refractivity contribution in [2.24, 2.45) is 0 Å². The predicted octanol–water partition coefficient (Wildman–Crippen LogP) is 3.29. The Balaban J connectivity index is 2.67. The number of halogens is 1. The van der Waals surface area contributed by atoms with E-state index in [1.54, 1.807) is 6.07 Å². The first-order valence-electron chi connectivity index (χ1n) is 5.89. The van der Waals surface area contributed by atoms with Gasteiger partial charge in [-0.05, 0) is 38.5 Å². The van der Waals surface area contributed by atoms with E-state index < -0.39 is 0 Å². The minimum absolute atomic E-state index is 0.151. The third kappa shape index (κ3) is 1.99. The SMILES string of the molecule is CCCC(C)(C)n1c(N)nc2ccc(F)cc21. The maximum absolute atomic E-state index is 13.3. The van der Waals surface area contributed by atoms with E-state index in [-0.39, 0.29) is 11.4 Å². The normalized spacial score (nSPS) is 12.2. The summed E-state index contributed by atoms with van der Waals surface area (Å²) in [5.74, 6) is 0.190. The Bertz CT molecular complexity index is 543. The predicted molar refractivity (Wildman–Crippen MR) is 68.3 cm³/mol. The first-order chi connectivity index (χ1) is 7.95. The molecule has 0 bridgehead atoms. The number of fused-ring (bicyclic) bond motifs is 1. The summed E-state index contributed by atoms with van der Waals surface area (Å²) >= 11 is 0. The maximum atomic E-state index is 13.3. The molecule has 0 atom stereocenters. The zero-order valence-electron chi connectivity index (χ0n) is 10.5. The van der Waals surface area contributed by atoms with Gasteiger partial charge in [0.15, 0.2) is 0 Å². The molecular formula is C13H18FN3. The highest BCUT2D eigenvalue weighted by molar-refractivity contribution is 5.78. The molecule has 2 rings (SSSR count). The van der Waals surface area contributed by atoms with Gasteiger partial charge in [-0.3, -0.25) is 0 Å². The van der Waals surface area contributed by atoms with Crippen LogP contribution in [0.25, 0.3) is 11.0 Å². The molecule has 17 heavy (non-hydrogen) atoms. The van der Waals surface area contributed by atoms with E-state index in [0.717, 1.165) is 23.9 Å². The summed E-state index contributed by atoms with van der Waals surface area (Å²) < 4.78 is 15.2. The molecule has 4 heteroatoms. The molecule has 0 unspecified atom stereocenters. The summed E-state index contributed by atoms with van der Waals surface area (Å²) in [5.41, 5.74) is 7.31. The zero-order valence-corrected chi connectivity index (χ0v) is 10.5. The summed E-state index contributed by atoms with van der Waals surface area (Å²) in [6.45, 7) is 6.31. The number of aromatic nitrogens is 2. The van der Waals surface area contributed by atoms with Gasteiger partial charge in [-0.25, -0.2) is 9.37 Å². The number of hydrogen-bond donors (Lipinski definition) is 1. The van der Waals surface area contributed by atoms with Crippen molar-refractivity contribution in [1.82, 2.24) is 9.55 Å². The number of hydrogen-bond acceptors (Lipinski definition) is 2. The highest BCUT2D eigenvalue weighted by atomic mass is 19.1. The van der Waals surface area contributed by atoms with Gasteiger partial charge in [0.25, 0.3) is 0 Å². The van der Waals surface area contributed by atoms with Crippen molar-refractivity contribution >= 4 is 17.0 Å². The summed E-state index contributed by atoms with van der Waals surface area (Å²) in [6, 6.07) is 4.57. The highest BCUT2D eigenvalue weighted by Crippen LogP contribution is 2.30. The van der Waals surface area contributed by atoms with Crippen LogP contribution in [0, 0.1) is 5.82 Å². The molecule has 2 aromatic rings. The minimum atomic E-state index is -0.258. The van der Waals surface area contributed by atoms with Crippen LogP contribution in [0.5, 0.6) is 0 Å². The number of nitrogens with zero attached hydrogens (tertiary/aromatic N) is 2. The fourth-order valence-electron chi connectivity index (χ4n) is 2.43. The standard InChI is InChI=1S/C13H18FN3/c1-4-7-13(2,3)17-11-8-9(14)5-6-10(11)16-12(17)15/h5-6,8H,4,7H2,1-3H3,(H2,15,16). The topological polar surface area (TPSA) is 43.8 Å². The van der Waals surface area contributed by atoms with Crippen LogP contribution in [0.4, 0.5) is 10.3 Å². The molecule has 2 N–H and O–H groups in total. The Morgan fingerprint density at radius 3 is 2.76 bits per heavy atom. The van der Waals surface area contributed by atoms with Gasteiger partial charge in [0, 0.05) is 5.54 Å². The molecule has 1 aromatic carbocycles. The van der Waals surface area contributed by atoms with Gasteiger partial charge in [-0.15, -0.1) is 0 Å². The Hall–Kier alpha value is -1.58. The largest absolute Gasteiger partial charge is 0.369 e. The molecule has 0 saturated carbocycles. The fraction of sp³-hybridized carbons (Fsp3) is 0.462. The lowest BCUT2D eigenvalue weighted by atomic mass is 9.98. The number of nitrogen functional groups attached to an aromatic ring is 1. The van der Waals surface area contributed by atoms with Crippen LogP contribution in [0.3, 0.4) is 0 Å². The number of benzene rings is 1. The smallest absolute Gasteiger partial charge is 0.201 e. The van der Waals surface area contributed by atoms with Crippen LogP contribution in [0.1, 0.15) is 33.6 Å². The third-order valence-electron chi connectivity index (χ3n) is 3.11. The third-order valence-corrected chi connectivity index (χ3v) is 3.11. The van der Waals surface area contributed by atoms with Crippen molar-refractivity contribution < 1.29 is 4.39 Å². The molecule has 1 heterocycles. The average molecular weight is 235 g/mol. The van der Waals surface area contributed by atoms with Gasteiger partial charge in [-0.2, -0.15) is 0 Å². The quantitative estimate of drug-likeness (QED) is 0.887. The van der Waals surface area contributed by atoms with Crippen LogP contribution >= 0.6 is 0 Å². The van der Waals surface area contributed by atoms with Gasteiger partial charge in [0.2, 0.25) is 5.95 Å². The lowest BCUT2D eigenvalue weighted by Gasteiger charge is -2.28. The van der Waals surface area contributed by atoms with Crippen LogP contribution in [0.15, 0.2) is 18.2 Å². The van der Waals surface area contributed by atoms with Crippen LogP contribution in [-0.2, 0) is 5.54 Å². The second-order valence-corrected chi connectivity index (χ2v) is 5.00. The van der Waals surface area contributed by atoms with Crippen LogP contribution < -0.4 is 5.73 Å². The lowest BCUT2D eigenvalue weighted by molar-refractivity contribution is 0.338. The summed E-state index contributed by atoms with van der Waals surface area (Å²) in [7, 11) is 0. The Morgan fingerprint density at radius 1 is 1.41 bits per heavy atom. The molecule has 0 radical (unpaired) electrons. The van der Waals surface area contributed by atoms with Crippen LogP contribution in [0.2, 0.25) is 0 Å². The summed E-state index contributed by atoms with van der Waals surface area (Å²) in [6.07, 6.45) is 2.01. The molecule has 0 spiro atoms. The average Bonchev–Trinajstić information content (AvgIpc) is 2.53. The van der Waals surface area contributed by atoms with E-state index in [9.17, 15) is 4.39 Å². The van der Waals surface area contributed by atoms with Crippen molar-refractivity contribution in [3.05, 3.63) is 24.0 Å². The minimum Gasteiger partial charge on any atom is -0.369 e. The second kappa shape index (κ2) is 4.02. The first-order valence-corrected chi connectivity index (χ1v) is 5.89. The van der Waals surface area contributed by atoms with Crippen molar-refractivity contribution in [1.29, 1.82) is 0 Å². The Labute approximate surface area is 100 Å².